The van der Waals surface area contributed by atoms with Gasteiger partial charge in [-0.1, -0.05) is 12.1 Å². The molecule has 0 aromatic heterocycles. The SMILES string of the molecule is CSCC[C@H](NC(=O)c1cccc(CNC(=O)CN2CCN(CC(=O)OC(C)(C)C)CCN(CC(=O)OC(C)(C)C)CCN(CC(=O)OC(C)(C)C)CC2)c1)C(=O)NCC(=O)N[C@@H](CCCCN1C(=O)C=CC1=O)C(=O)O. The first-order chi connectivity index (χ1) is 36.0. The molecule has 6 amide bonds. The highest BCUT2D eigenvalue weighted by atomic mass is 32.2. The monoisotopic (exact) mass is 1100 g/mol. The van der Waals surface area contributed by atoms with E-state index >= 15 is 0 Å². The summed E-state index contributed by atoms with van der Waals surface area (Å²) in [7, 11) is 0. The number of rotatable bonds is 25. The van der Waals surface area contributed by atoms with Crippen LogP contribution in [-0.2, 0) is 63.9 Å². The van der Waals surface area contributed by atoms with Crippen molar-refractivity contribution in [2.75, 3.05) is 104 Å². The summed E-state index contributed by atoms with van der Waals surface area (Å²) >= 11 is 1.44. The Bertz CT molecular complexity index is 2180. The van der Waals surface area contributed by atoms with E-state index in [1.165, 1.54) is 11.8 Å². The van der Waals surface area contributed by atoms with E-state index < -0.39 is 88.8 Å². The Balaban J connectivity index is 1.67. The molecule has 1 aromatic carbocycles. The van der Waals surface area contributed by atoms with Crippen LogP contribution >= 0.6 is 11.8 Å². The first kappa shape index (κ1) is 65.3. The molecular formula is C53H83N9O14S. The van der Waals surface area contributed by atoms with Gasteiger partial charge < -0.3 is 40.6 Å². The fourth-order valence-corrected chi connectivity index (χ4v) is 8.44. The molecule has 2 aliphatic heterocycles. The molecule has 0 saturated carbocycles. The van der Waals surface area contributed by atoms with E-state index in [4.69, 9.17) is 14.2 Å². The number of nitrogens with zero attached hydrogens (tertiary/aromatic N) is 5. The zero-order valence-electron chi connectivity index (χ0n) is 46.7. The van der Waals surface area contributed by atoms with Crippen LogP contribution in [0, 0.1) is 0 Å². The van der Waals surface area contributed by atoms with Gasteiger partial charge in [0.25, 0.3) is 17.7 Å². The highest BCUT2D eigenvalue weighted by molar-refractivity contribution is 7.98. The van der Waals surface area contributed by atoms with Crippen molar-refractivity contribution in [1.29, 1.82) is 0 Å². The minimum atomic E-state index is -1.29. The van der Waals surface area contributed by atoms with E-state index in [2.05, 4.69) is 21.3 Å². The van der Waals surface area contributed by atoms with Crippen molar-refractivity contribution in [3.05, 3.63) is 47.5 Å². The van der Waals surface area contributed by atoms with Crippen molar-refractivity contribution >= 4 is 71.1 Å². The van der Waals surface area contributed by atoms with Crippen molar-refractivity contribution < 1.29 is 67.3 Å². The normalized spacial score (nSPS) is 16.6. The average Bonchev–Trinajstić information content (AvgIpc) is 3.63. The molecular weight excluding hydrogens is 1020 g/mol. The van der Waals surface area contributed by atoms with Crippen molar-refractivity contribution in [2.45, 2.75) is 123 Å². The Morgan fingerprint density at radius 2 is 1.08 bits per heavy atom. The smallest absolute Gasteiger partial charge is 0.326 e. The van der Waals surface area contributed by atoms with Gasteiger partial charge in [-0.05, 0) is 118 Å². The summed E-state index contributed by atoms with van der Waals surface area (Å²) in [6.07, 6.45) is 4.99. The van der Waals surface area contributed by atoms with E-state index in [-0.39, 0.29) is 70.0 Å². The van der Waals surface area contributed by atoms with Gasteiger partial charge >= 0.3 is 23.9 Å². The molecule has 2 aliphatic rings. The van der Waals surface area contributed by atoms with Gasteiger partial charge in [-0.2, -0.15) is 11.8 Å². The van der Waals surface area contributed by atoms with Crippen LogP contribution < -0.4 is 21.3 Å². The van der Waals surface area contributed by atoms with E-state index in [0.717, 1.165) is 17.1 Å². The molecule has 0 unspecified atom stereocenters. The van der Waals surface area contributed by atoms with Gasteiger partial charge in [0, 0.05) is 83.2 Å². The maximum atomic E-state index is 13.7. The number of carbonyl (C=O) groups is 10. The molecule has 0 bridgehead atoms. The van der Waals surface area contributed by atoms with Crippen LogP contribution in [0.3, 0.4) is 0 Å². The van der Waals surface area contributed by atoms with Crippen LogP contribution in [-0.4, -0.2) is 221 Å². The molecule has 77 heavy (non-hydrogen) atoms. The number of aliphatic carboxylic acids is 1. The predicted octanol–water partition coefficient (Wildman–Crippen LogP) is 1.18. The molecule has 24 heteroatoms. The number of benzene rings is 1. The van der Waals surface area contributed by atoms with Gasteiger partial charge in [0.15, 0.2) is 0 Å². The second-order valence-electron chi connectivity index (χ2n) is 22.0. The van der Waals surface area contributed by atoms with Crippen LogP contribution in [0.4, 0.5) is 0 Å². The Morgan fingerprint density at radius 1 is 0.610 bits per heavy atom. The van der Waals surface area contributed by atoms with Crippen molar-refractivity contribution in [3.8, 4) is 0 Å². The molecule has 430 valence electrons. The maximum Gasteiger partial charge on any atom is 0.326 e. The lowest BCUT2D eigenvalue weighted by atomic mass is 10.1. The molecule has 5 N–H and O–H groups in total. The lowest BCUT2D eigenvalue weighted by molar-refractivity contribution is -0.158. The standard InChI is InChI=1S/C53H83N9O14S/c1-51(2,3)74-45(67)34-59-23-21-58(22-24-60(35-46(68)75-52(4,5)6)26-28-61(27-25-59)36-47(69)76-53(7,8)9)33-42(64)54-31-37-14-13-15-38(30-37)48(70)57-39(19-29-77-10)49(71)55-32-41(63)56-40(50(72)73)16-11-12-20-62-43(65)17-18-44(62)66/h13-15,17-18,30,39-40H,11-12,16,19-29,31-36H2,1-10H3,(H,54,64)(H,55,71)(H,56,63)(H,57,70)(H,72,73)/t39-,40-/m0/s1. The number of carbonyl (C=O) groups excluding carboxylic acids is 9. The summed E-state index contributed by atoms with van der Waals surface area (Å²) in [4.78, 5) is 137. The van der Waals surface area contributed by atoms with Crippen molar-refractivity contribution in [3.63, 3.8) is 0 Å². The van der Waals surface area contributed by atoms with E-state index in [9.17, 15) is 53.1 Å². The highest BCUT2D eigenvalue weighted by Gasteiger charge is 2.29. The zero-order chi connectivity index (χ0) is 57.5. The fraction of sp³-hybridized carbons (Fsp3) is 0.660. The Labute approximate surface area is 457 Å². The Morgan fingerprint density at radius 3 is 1.52 bits per heavy atom. The van der Waals surface area contributed by atoms with E-state index in [1.54, 1.807) is 86.6 Å². The summed E-state index contributed by atoms with van der Waals surface area (Å²) in [5, 5.41) is 20.2. The molecule has 1 aromatic rings. The van der Waals surface area contributed by atoms with Gasteiger partial charge in [0.05, 0.1) is 32.7 Å². The minimum absolute atomic E-state index is 0.00556. The van der Waals surface area contributed by atoms with Crippen molar-refractivity contribution in [1.82, 2.24) is 45.8 Å². The van der Waals surface area contributed by atoms with Gasteiger partial charge in [0.1, 0.15) is 28.9 Å². The molecule has 1 saturated heterocycles. The van der Waals surface area contributed by atoms with E-state index in [1.807, 2.05) is 25.9 Å². The molecule has 2 atom stereocenters. The summed E-state index contributed by atoms with van der Waals surface area (Å²) in [5.41, 5.74) is -1.32. The molecule has 1 fully saturated rings. The number of imide groups is 1. The van der Waals surface area contributed by atoms with Gasteiger partial charge in [-0.3, -0.25) is 67.7 Å². The lowest BCUT2D eigenvalue weighted by Crippen LogP contribution is -2.51. The van der Waals surface area contributed by atoms with Crippen LogP contribution in [0.2, 0.25) is 0 Å². The van der Waals surface area contributed by atoms with Gasteiger partial charge in [-0.15, -0.1) is 0 Å². The number of hydrogen-bond acceptors (Lipinski definition) is 18. The summed E-state index contributed by atoms with van der Waals surface area (Å²) in [6.45, 7) is 18.6. The third kappa shape index (κ3) is 27.3. The van der Waals surface area contributed by atoms with Crippen molar-refractivity contribution in [2.24, 2.45) is 0 Å². The predicted molar refractivity (Wildman–Crippen MR) is 288 cm³/mol. The molecule has 0 aliphatic carbocycles. The number of hydrogen-bond donors (Lipinski definition) is 5. The van der Waals surface area contributed by atoms with Crippen LogP contribution in [0.25, 0.3) is 0 Å². The van der Waals surface area contributed by atoms with E-state index in [0.29, 0.717) is 70.1 Å². The Hall–Kier alpha value is -5.95. The molecule has 3 rings (SSSR count). The summed E-state index contributed by atoms with van der Waals surface area (Å²) < 4.78 is 16.9. The maximum absolute atomic E-state index is 13.7. The minimum Gasteiger partial charge on any atom is -0.480 e. The first-order valence-electron chi connectivity index (χ1n) is 26.0. The topological polar surface area (TPSA) is 283 Å². The third-order valence-electron chi connectivity index (χ3n) is 11.6. The van der Waals surface area contributed by atoms with Gasteiger partial charge in [-0.25, -0.2) is 4.79 Å². The summed E-state index contributed by atoms with van der Waals surface area (Å²) in [5.74, 6) is -5.27. The Kier molecular flexibility index (Phi) is 26.7. The lowest BCUT2D eigenvalue weighted by Gasteiger charge is -2.34. The van der Waals surface area contributed by atoms with Gasteiger partial charge in [0.2, 0.25) is 17.7 Å². The number of carboxylic acid groups (broad SMARTS) is 1. The summed E-state index contributed by atoms with van der Waals surface area (Å²) in [6, 6.07) is 4.18. The molecule has 2 heterocycles. The molecule has 0 spiro atoms. The molecule has 23 nitrogen and oxygen atoms in total. The number of unbranched alkanes of at least 4 members (excludes halogenated alkanes) is 1. The van der Waals surface area contributed by atoms with Crippen LogP contribution in [0.15, 0.2) is 36.4 Å². The number of thioether (sulfide) groups is 1. The first-order valence-corrected chi connectivity index (χ1v) is 27.4. The van der Waals surface area contributed by atoms with Crippen LogP contribution in [0.5, 0.6) is 0 Å². The number of esters is 3. The fourth-order valence-electron chi connectivity index (χ4n) is 7.97. The highest BCUT2D eigenvalue weighted by Crippen LogP contribution is 2.14. The number of carboxylic acids is 1. The largest absolute Gasteiger partial charge is 0.480 e. The van der Waals surface area contributed by atoms with Crippen LogP contribution in [0.1, 0.15) is 104 Å². The number of nitrogens with one attached hydrogen (secondary N) is 4. The third-order valence-corrected chi connectivity index (χ3v) is 12.3. The number of amides is 6. The zero-order valence-corrected chi connectivity index (χ0v) is 47.5. The quantitative estimate of drug-likeness (QED) is 0.0398. The molecule has 0 radical (unpaired) electrons. The number of ether oxygens (including phenoxy) is 3. The second kappa shape index (κ2) is 31.5. The second-order valence-corrected chi connectivity index (χ2v) is 23.0. The average molecular weight is 1100 g/mol.